The predicted molar refractivity (Wildman–Crippen MR) is 131 cm³/mol. The number of ether oxygens (including phenoxy) is 1. The Morgan fingerprint density at radius 3 is 2.42 bits per heavy atom. The summed E-state index contributed by atoms with van der Waals surface area (Å²) >= 11 is 12.8. The van der Waals surface area contributed by atoms with E-state index in [-0.39, 0.29) is 24.0 Å². The third-order valence-electron chi connectivity index (χ3n) is 6.65. The Labute approximate surface area is 205 Å². The maximum Gasteiger partial charge on any atom is 0.257 e. The summed E-state index contributed by atoms with van der Waals surface area (Å²) in [6.45, 7) is 3.81. The zero-order valence-corrected chi connectivity index (χ0v) is 20.4. The van der Waals surface area contributed by atoms with E-state index in [1.165, 1.54) is 0 Å². The summed E-state index contributed by atoms with van der Waals surface area (Å²) in [6.07, 6.45) is 5.10. The molecule has 5 nitrogen and oxygen atoms in total. The van der Waals surface area contributed by atoms with Crippen LogP contribution in [-0.4, -0.2) is 53.4 Å². The molecule has 1 aliphatic carbocycles. The molecule has 4 rings (SSSR count). The van der Waals surface area contributed by atoms with Gasteiger partial charge in [0.05, 0.1) is 27.2 Å². The molecule has 1 saturated carbocycles. The lowest BCUT2D eigenvalue weighted by atomic mass is 9.90. The van der Waals surface area contributed by atoms with Crippen LogP contribution in [0.4, 0.5) is 0 Å². The summed E-state index contributed by atoms with van der Waals surface area (Å²) in [5.41, 5.74) is 0.930. The maximum atomic E-state index is 13.8. The Morgan fingerprint density at radius 2 is 1.67 bits per heavy atom. The van der Waals surface area contributed by atoms with Gasteiger partial charge in [0.25, 0.3) is 11.8 Å². The van der Waals surface area contributed by atoms with Crippen LogP contribution in [0.15, 0.2) is 42.5 Å². The molecule has 176 valence electrons. The second-order valence-corrected chi connectivity index (χ2v) is 9.51. The molecule has 1 fully saturated rings. The van der Waals surface area contributed by atoms with Crippen molar-refractivity contribution in [2.24, 2.45) is 0 Å². The zero-order chi connectivity index (χ0) is 23.4. The SMILES string of the molecule is CCN1CCCCN(C(=O)c2c(Cl)cccc2Cl)[C@@H]2CCCC[C@@H]2Oc2ccccc2C1=O. The van der Waals surface area contributed by atoms with E-state index in [0.717, 1.165) is 38.5 Å². The maximum absolute atomic E-state index is 13.8. The van der Waals surface area contributed by atoms with Gasteiger partial charge in [-0.25, -0.2) is 0 Å². The molecule has 2 aromatic carbocycles. The molecule has 33 heavy (non-hydrogen) atoms. The Balaban J connectivity index is 1.73. The number of hydrogen-bond acceptors (Lipinski definition) is 3. The van der Waals surface area contributed by atoms with E-state index in [4.69, 9.17) is 27.9 Å². The van der Waals surface area contributed by atoms with Gasteiger partial charge < -0.3 is 14.5 Å². The van der Waals surface area contributed by atoms with Crippen molar-refractivity contribution in [1.82, 2.24) is 9.80 Å². The number of rotatable bonds is 2. The molecule has 0 saturated heterocycles. The largest absolute Gasteiger partial charge is 0.487 e. The molecular formula is C26H30Cl2N2O3. The molecule has 0 spiro atoms. The van der Waals surface area contributed by atoms with E-state index in [2.05, 4.69) is 0 Å². The van der Waals surface area contributed by atoms with Crippen LogP contribution >= 0.6 is 23.2 Å². The minimum absolute atomic E-state index is 0.00295. The fourth-order valence-corrected chi connectivity index (χ4v) is 5.46. The van der Waals surface area contributed by atoms with Crippen molar-refractivity contribution in [2.75, 3.05) is 19.6 Å². The number of carbonyl (C=O) groups is 2. The van der Waals surface area contributed by atoms with Crippen molar-refractivity contribution in [3.63, 3.8) is 0 Å². The van der Waals surface area contributed by atoms with Crippen molar-refractivity contribution in [1.29, 1.82) is 0 Å². The number of para-hydroxylation sites is 1. The standard InChI is InChI=1S/C26H30Cl2N2O3/c1-2-29-16-7-8-17-30(26(32)24-19(27)11-9-12-20(24)28)21-13-4-6-15-23(21)33-22-14-5-3-10-18(22)25(29)31/h3,5,9-12,14,21,23H,2,4,6-8,13,15-17H2,1H3/t21-,23+/m1/s1. The number of nitrogens with zero attached hydrogens (tertiary/aromatic N) is 2. The Morgan fingerprint density at radius 1 is 0.970 bits per heavy atom. The van der Waals surface area contributed by atoms with Gasteiger partial charge in [0.1, 0.15) is 11.9 Å². The number of hydrogen-bond donors (Lipinski definition) is 0. The summed E-state index contributed by atoms with van der Waals surface area (Å²) < 4.78 is 6.51. The topological polar surface area (TPSA) is 49.9 Å². The smallest absolute Gasteiger partial charge is 0.257 e. The molecule has 0 unspecified atom stereocenters. The minimum atomic E-state index is -0.201. The summed E-state index contributed by atoms with van der Waals surface area (Å²) in [5.74, 6) is 0.429. The van der Waals surface area contributed by atoms with Gasteiger partial charge >= 0.3 is 0 Å². The molecule has 2 atom stereocenters. The highest BCUT2D eigenvalue weighted by molar-refractivity contribution is 6.39. The highest BCUT2D eigenvalue weighted by Crippen LogP contribution is 2.33. The molecular weight excluding hydrogens is 459 g/mol. The molecule has 2 amide bonds. The van der Waals surface area contributed by atoms with Gasteiger partial charge in [0.2, 0.25) is 0 Å². The fraction of sp³-hybridized carbons (Fsp3) is 0.462. The van der Waals surface area contributed by atoms with Crippen molar-refractivity contribution in [3.8, 4) is 5.75 Å². The van der Waals surface area contributed by atoms with Crippen LogP contribution in [0.1, 0.15) is 66.2 Å². The van der Waals surface area contributed by atoms with E-state index >= 15 is 0 Å². The van der Waals surface area contributed by atoms with Gasteiger partial charge in [-0.15, -0.1) is 0 Å². The predicted octanol–water partition coefficient (Wildman–Crippen LogP) is 6.08. The van der Waals surface area contributed by atoms with E-state index in [1.807, 2.05) is 41.0 Å². The number of benzene rings is 2. The zero-order valence-electron chi connectivity index (χ0n) is 18.9. The van der Waals surface area contributed by atoms with Crippen molar-refractivity contribution >= 4 is 35.0 Å². The molecule has 7 heteroatoms. The average Bonchev–Trinajstić information content (AvgIpc) is 2.81. The first kappa shape index (κ1) is 23.9. The summed E-state index contributed by atoms with van der Waals surface area (Å²) in [6, 6.07) is 12.5. The van der Waals surface area contributed by atoms with Crippen LogP contribution in [0.2, 0.25) is 10.0 Å². The second kappa shape index (κ2) is 10.8. The lowest BCUT2D eigenvalue weighted by Gasteiger charge is -2.41. The number of halogens is 2. The van der Waals surface area contributed by atoms with Gasteiger partial charge in [-0.2, -0.15) is 0 Å². The first-order chi connectivity index (χ1) is 16.0. The van der Waals surface area contributed by atoms with Gasteiger partial charge in [0.15, 0.2) is 0 Å². The first-order valence-electron chi connectivity index (χ1n) is 11.8. The third-order valence-corrected chi connectivity index (χ3v) is 7.28. The van der Waals surface area contributed by atoms with Gasteiger partial charge in [0, 0.05) is 19.6 Å². The van der Waals surface area contributed by atoms with Crippen LogP contribution in [-0.2, 0) is 0 Å². The molecule has 2 aromatic rings. The number of carbonyl (C=O) groups excluding carboxylic acids is 2. The van der Waals surface area contributed by atoms with Crippen LogP contribution in [0, 0.1) is 0 Å². The first-order valence-corrected chi connectivity index (χ1v) is 12.6. The van der Waals surface area contributed by atoms with E-state index in [0.29, 0.717) is 46.6 Å². The number of amides is 2. The normalized spacial score (nSPS) is 21.8. The highest BCUT2D eigenvalue weighted by atomic mass is 35.5. The summed E-state index contributed by atoms with van der Waals surface area (Å²) in [5, 5.41) is 0.722. The van der Waals surface area contributed by atoms with Gasteiger partial charge in [-0.3, -0.25) is 9.59 Å². The molecule has 0 aromatic heterocycles. The van der Waals surface area contributed by atoms with Crippen LogP contribution in [0.3, 0.4) is 0 Å². The van der Waals surface area contributed by atoms with Crippen molar-refractivity contribution in [3.05, 3.63) is 63.6 Å². The van der Waals surface area contributed by atoms with Crippen LogP contribution in [0.5, 0.6) is 5.75 Å². The second-order valence-electron chi connectivity index (χ2n) is 8.69. The Kier molecular flexibility index (Phi) is 7.82. The molecule has 1 heterocycles. The molecule has 0 bridgehead atoms. The number of fused-ring (bicyclic) bond motifs is 2. The van der Waals surface area contributed by atoms with E-state index < -0.39 is 0 Å². The quantitative estimate of drug-likeness (QED) is 0.514. The summed E-state index contributed by atoms with van der Waals surface area (Å²) in [7, 11) is 0. The third kappa shape index (κ3) is 5.15. The molecule has 1 aliphatic heterocycles. The Hall–Kier alpha value is -2.24. The fourth-order valence-electron chi connectivity index (χ4n) is 4.90. The van der Waals surface area contributed by atoms with Crippen molar-refractivity contribution < 1.29 is 14.3 Å². The van der Waals surface area contributed by atoms with Crippen molar-refractivity contribution in [2.45, 2.75) is 57.6 Å². The van der Waals surface area contributed by atoms with E-state index in [9.17, 15) is 9.59 Å². The van der Waals surface area contributed by atoms with Crippen LogP contribution in [0.25, 0.3) is 0 Å². The molecule has 0 N–H and O–H groups in total. The minimum Gasteiger partial charge on any atom is -0.487 e. The van der Waals surface area contributed by atoms with Gasteiger partial charge in [-0.05, 0) is 63.3 Å². The lowest BCUT2D eigenvalue weighted by Crippen LogP contribution is -2.51. The lowest BCUT2D eigenvalue weighted by molar-refractivity contribution is 0.0259. The van der Waals surface area contributed by atoms with E-state index in [1.54, 1.807) is 18.2 Å². The summed E-state index contributed by atoms with van der Waals surface area (Å²) in [4.78, 5) is 30.8. The molecule has 0 radical (unpaired) electrons. The monoisotopic (exact) mass is 488 g/mol. The Bertz CT molecular complexity index is 993. The average molecular weight is 489 g/mol. The highest BCUT2D eigenvalue weighted by Gasteiger charge is 2.37. The van der Waals surface area contributed by atoms with Gasteiger partial charge in [-0.1, -0.05) is 47.8 Å². The molecule has 2 aliphatic rings. The van der Waals surface area contributed by atoms with Crippen LogP contribution < -0.4 is 4.74 Å².